The fourth-order valence-electron chi connectivity index (χ4n) is 1.80. The molecule has 3 N–H and O–H groups in total. The van der Waals surface area contributed by atoms with Gasteiger partial charge in [-0.25, -0.2) is 4.39 Å². The normalized spacial score (nSPS) is 22.9. The second-order valence-electron chi connectivity index (χ2n) is 4.22. The molecule has 1 aromatic rings. The molecule has 0 aliphatic heterocycles. The van der Waals surface area contributed by atoms with E-state index in [-0.39, 0.29) is 17.6 Å². The molecule has 0 bridgehead atoms. The minimum Gasteiger partial charge on any atom is -0.396 e. The average molecular weight is 222 g/mol. The summed E-state index contributed by atoms with van der Waals surface area (Å²) in [7, 11) is 0. The van der Waals surface area contributed by atoms with Gasteiger partial charge >= 0.3 is 0 Å². The third kappa shape index (κ3) is 2.15. The predicted octanol–water partition coefficient (Wildman–Crippen LogP) is 1.94. The van der Waals surface area contributed by atoms with Crippen LogP contribution < -0.4 is 11.1 Å². The molecule has 1 amide bonds. The summed E-state index contributed by atoms with van der Waals surface area (Å²) in [4.78, 5) is 11.7. The molecule has 1 aliphatic rings. The van der Waals surface area contributed by atoms with E-state index in [0.29, 0.717) is 11.5 Å². The van der Waals surface area contributed by atoms with Crippen molar-refractivity contribution < 1.29 is 9.18 Å². The molecule has 4 heteroatoms. The zero-order valence-corrected chi connectivity index (χ0v) is 9.16. The zero-order valence-electron chi connectivity index (χ0n) is 9.16. The molecular formula is C12H15FN2O. The minimum absolute atomic E-state index is 0.0643. The standard InChI is InChI=1S/C12H15FN2O/c1-2-7-6-11(7)15-12(16)8-3-4-10(14)9(13)5-8/h3-5,7,11H,2,6,14H2,1H3,(H,15,16). The number of rotatable bonds is 3. The maximum Gasteiger partial charge on any atom is 0.251 e. The number of hydrogen-bond acceptors (Lipinski definition) is 2. The fraction of sp³-hybridized carbons (Fsp3) is 0.417. The van der Waals surface area contributed by atoms with E-state index in [1.807, 2.05) is 0 Å². The molecule has 2 atom stereocenters. The Morgan fingerprint density at radius 2 is 2.38 bits per heavy atom. The van der Waals surface area contributed by atoms with Crippen LogP contribution in [-0.2, 0) is 0 Å². The number of nitrogen functional groups attached to an aromatic ring is 1. The van der Waals surface area contributed by atoms with Gasteiger partial charge in [0.1, 0.15) is 5.82 Å². The highest BCUT2D eigenvalue weighted by molar-refractivity contribution is 5.94. The van der Waals surface area contributed by atoms with Crippen molar-refractivity contribution in [3.8, 4) is 0 Å². The Morgan fingerprint density at radius 3 is 2.94 bits per heavy atom. The lowest BCUT2D eigenvalue weighted by Gasteiger charge is -2.05. The van der Waals surface area contributed by atoms with Crippen LogP contribution in [0, 0.1) is 11.7 Å². The van der Waals surface area contributed by atoms with Crippen LogP contribution in [-0.4, -0.2) is 11.9 Å². The van der Waals surface area contributed by atoms with Gasteiger partial charge in [0.15, 0.2) is 0 Å². The Morgan fingerprint density at radius 1 is 1.62 bits per heavy atom. The van der Waals surface area contributed by atoms with Crippen LogP contribution in [0.2, 0.25) is 0 Å². The highest BCUT2D eigenvalue weighted by atomic mass is 19.1. The van der Waals surface area contributed by atoms with Gasteiger partial charge in [0.25, 0.3) is 5.91 Å². The van der Waals surface area contributed by atoms with Gasteiger partial charge in [-0.2, -0.15) is 0 Å². The average Bonchev–Trinajstić information content (AvgIpc) is 3.00. The van der Waals surface area contributed by atoms with Gasteiger partial charge in [-0.05, 0) is 30.5 Å². The Balaban J connectivity index is 2.01. The van der Waals surface area contributed by atoms with Crippen LogP contribution in [0.5, 0.6) is 0 Å². The Kier molecular flexibility index (Phi) is 2.81. The van der Waals surface area contributed by atoms with Crippen molar-refractivity contribution in [3.05, 3.63) is 29.6 Å². The Labute approximate surface area is 93.8 Å². The number of carbonyl (C=O) groups excluding carboxylic acids is 1. The molecule has 16 heavy (non-hydrogen) atoms. The predicted molar refractivity (Wildman–Crippen MR) is 60.5 cm³/mol. The SMILES string of the molecule is CCC1CC1NC(=O)c1ccc(N)c(F)c1. The number of nitrogens with two attached hydrogens (primary N) is 1. The first-order valence-electron chi connectivity index (χ1n) is 5.47. The topological polar surface area (TPSA) is 55.1 Å². The second-order valence-corrected chi connectivity index (χ2v) is 4.22. The molecule has 0 spiro atoms. The fourth-order valence-corrected chi connectivity index (χ4v) is 1.80. The third-order valence-corrected chi connectivity index (χ3v) is 3.03. The lowest BCUT2D eigenvalue weighted by Crippen LogP contribution is -2.26. The van der Waals surface area contributed by atoms with E-state index in [9.17, 15) is 9.18 Å². The van der Waals surface area contributed by atoms with Gasteiger partial charge in [0, 0.05) is 11.6 Å². The highest BCUT2D eigenvalue weighted by Crippen LogP contribution is 2.33. The van der Waals surface area contributed by atoms with Gasteiger partial charge in [-0.3, -0.25) is 4.79 Å². The summed E-state index contributed by atoms with van der Waals surface area (Å²) in [6.07, 6.45) is 2.10. The van der Waals surface area contributed by atoms with Gasteiger partial charge in [-0.1, -0.05) is 13.3 Å². The lowest BCUT2D eigenvalue weighted by atomic mass is 10.2. The monoisotopic (exact) mass is 222 g/mol. The summed E-state index contributed by atoms with van der Waals surface area (Å²) in [5.41, 5.74) is 5.73. The van der Waals surface area contributed by atoms with E-state index in [1.165, 1.54) is 18.2 Å². The van der Waals surface area contributed by atoms with Crippen molar-refractivity contribution in [1.29, 1.82) is 0 Å². The van der Waals surface area contributed by atoms with Crippen LogP contribution in [0.4, 0.5) is 10.1 Å². The summed E-state index contributed by atoms with van der Waals surface area (Å²) in [5.74, 6) is -0.182. The molecular weight excluding hydrogens is 207 g/mol. The first-order valence-corrected chi connectivity index (χ1v) is 5.47. The maximum absolute atomic E-state index is 13.1. The molecule has 0 saturated heterocycles. The Bertz CT molecular complexity index is 419. The van der Waals surface area contributed by atoms with Crippen molar-refractivity contribution in [2.75, 3.05) is 5.73 Å². The van der Waals surface area contributed by atoms with Gasteiger partial charge in [0.05, 0.1) is 5.69 Å². The first-order chi connectivity index (χ1) is 7.61. The molecule has 1 saturated carbocycles. The molecule has 1 aromatic carbocycles. The van der Waals surface area contributed by atoms with Crippen LogP contribution >= 0.6 is 0 Å². The second kappa shape index (κ2) is 4.12. The zero-order chi connectivity index (χ0) is 11.7. The van der Waals surface area contributed by atoms with E-state index >= 15 is 0 Å². The number of anilines is 1. The number of hydrogen-bond donors (Lipinski definition) is 2. The van der Waals surface area contributed by atoms with Crippen LogP contribution in [0.15, 0.2) is 18.2 Å². The van der Waals surface area contributed by atoms with E-state index < -0.39 is 5.82 Å². The molecule has 1 fully saturated rings. The molecule has 0 radical (unpaired) electrons. The van der Waals surface area contributed by atoms with Crippen molar-refractivity contribution in [3.63, 3.8) is 0 Å². The van der Waals surface area contributed by atoms with Crippen LogP contribution in [0.3, 0.4) is 0 Å². The number of benzene rings is 1. The van der Waals surface area contributed by atoms with Crippen LogP contribution in [0.1, 0.15) is 30.1 Å². The van der Waals surface area contributed by atoms with Gasteiger partial charge in [-0.15, -0.1) is 0 Å². The van der Waals surface area contributed by atoms with Gasteiger partial charge < -0.3 is 11.1 Å². The maximum atomic E-state index is 13.1. The smallest absolute Gasteiger partial charge is 0.251 e. The molecule has 1 aliphatic carbocycles. The lowest BCUT2D eigenvalue weighted by molar-refractivity contribution is 0.0948. The summed E-state index contributed by atoms with van der Waals surface area (Å²) in [6, 6.07) is 4.39. The summed E-state index contributed by atoms with van der Waals surface area (Å²) in [5, 5.41) is 2.87. The van der Waals surface area contributed by atoms with E-state index in [4.69, 9.17) is 5.73 Å². The minimum atomic E-state index is -0.546. The summed E-state index contributed by atoms with van der Waals surface area (Å²) >= 11 is 0. The van der Waals surface area contributed by atoms with E-state index in [1.54, 1.807) is 0 Å². The molecule has 3 nitrogen and oxygen atoms in total. The number of amides is 1. The number of carbonyl (C=O) groups is 1. The first kappa shape index (κ1) is 10.9. The van der Waals surface area contributed by atoms with Crippen LogP contribution in [0.25, 0.3) is 0 Å². The van der Waals surface area contributed by atoms with Crippen molar-refractivity contribution in [2.24, 2.45) is 5.92 Å². The molecule has 2 rings (SSSR count). The largest absolute Gasteiger partial charge is 0.396 e. The summed E-state index contributed by atoms with van der Waals surface area (Å²) < 4.78 is 13.1. The molecule has 0 heterocycles. The summed E-state index contributed by atoms with van der Waals surface area (Å²) in [6.45, 7) is 2.10. The molecule has 0 aromatic heterocycles. The van der Waals surface area contributed by atoms with Gasteiger partial charge in [0.2, 0.25) is 0 Å². The quantitative estimate of drug-likeness (QED) is 0.768. The van der Waals surface area contributed by atoms with E-state index in [0.717, 1.165) is 12.8 Å². The Hall–Kier alpha value is -1.58. The number of halogens is 1. The number of nitrogens with one attached hydrogen (secondary N) is 1. The highest BCUT2D eigenvalue weighted by Gasteiger charge is 2.36. The van der Waals surface area contributed by atoms with Crippen molar-refractivity contribution in [1.82, 2.24) is 5.32 Å². The molecule has 2 unspecified atom stereocenters. The van der Waals surface area contributed by atoms with E-state index in [2.05, 4.69) is 12.2 Å². The molecule has 86 valence electrons. The van der Waals surface area contributed by atoms with Crippen molar-refractivity contribution >= 4 is 11.6 Å². The third-order valence-electron chi connectivity index (χ3n) is 3.03. The van der Waals surface area contributed by atoms with Crippen molar-refractivity contribution in [2.45, 2.75) is 25.8 Å².